The van der Waals surface area contributed by atoms with Crippen LogP contribution in [0.5, 0.6) is 0 Å². The van der Waals surface area contributed by atoms with E-state index in [1.165, 1.54) is 13.2 Å². The highest BCUT2D eigenvalue weighted by Crippen LogP contribution is 2.21. The van der Waals surface area contributed by atoms with E-state index in [1.807, 2.05) is 13.8 Å². The summed E-state index contributed by atoms with van der Waals surface area (Å²) >= 11 is 0. The van der Waals surface area contributed by atoms with E-state index in [4.69, 9.17) is 4.74 Å². The maximum atomic E-state index is 11.0. The Bertz CT molecular complexity index is 243. The van der Waals surface area contributed by atoms with Crippen LogP contribution in [0.25, 0.3) is 0 Å². The summed E-state index contributed by atoms with van der Waals surface area (Å²) in [6, 6.07) is 0. The Morgan fingerprint density at radius 1 is 1.33 bits per heavy atom. The lowest BCUT2D eigenvalue weighted by molar-refractivity contribution is -0.150. The molecule has 0 aromatic rings. The summed E-state index contributed by atoms with van der Waals surface area (Å²) in [5.74, 6) is -0.636. The van der Waals surface area contributed by atoms with Crippen LogP contribution >= 0.6 is 0 Å². The second-order valence-electron chi connectivity index (χ2n) is 4.07. The SMILES string of the molecule is C=CCC(=O)OCC(C)(C)CC(=O)OC. The van der Waals surface area contributed by atoms with Crippen molar-refractivity contribution in [2.24, 2.45) is 5.41 Å². The molecule has 0 saturated carbocycles. The molecule has 86 valence electrons. The molecule has 0 radical (unpaired) electrons. The number of rotatable bonds is 6. The highest BCUT2D eigenvalue weighted by atomic mass is 16.5. The van der Waals surface area contributed by atoms with Crippen LogP contribution in [0.4, 0.5) is 0 Å². The fraction of sp³-hybridized carbons (Fsp3) is 0.636. The van der Waals surface area contributed by atoms with E-state index < -0.39 is 5.41 Å². The fourth-order valence-electron chi connectivity index (χ4n) is 0.967. The van der Waals surface area contributed by atoms with Gasteiger partial charge in [0.2, 0.25) is 0 Å². The summed E-state index contributed by atoms with van der Waals surface area (Å²) in [6.07, 6.45) is 1.90. The first-order valence-electron chi connectivity index (χ1n) is 4.74. The van der Waals surface area contributed by atoms with Gasteiger partial charge in [0, 0.05) is 5.41 Å². The van der Waals surface area contributed by atoms with Crippen molar-refractivity contribution in [2.75, 3.05) is 13.7 Å². The molecule has 0 fully saturated rings. The summed E-state index contributed by atoms with van der Waals surface area (Å²) in [5.41, 5.74) is -0.399. The molecule has 0 amide bonds. The number of hydrogen-bond acceptors (Lipinski definition) is 4. The van der Waals surface area contributed by atoms with Gasteiger partial charge in [-0.05, 0) is 0 Å². The summed E-state index contributed by atoms with van der Waals surface area (Å²) < 4.78 is 9.52. The number of carbonyl (C=O) groups excluding carboxylic acids is 2. The molecular weight excluding hydrogens is 196 g/mol. The first kappa shape index (κ1) is 13.7. The average Bonchev–Trinajstić information content (AvgIpc) is 2.15. The number of methoxy groups -OCH3 is 1. The molecule has 4 heteroatoms. The molecule has 0 unspecified atom stereocenters. The Morgan fingerprint density at radius 2 is 1.93 bits per heavy atom. The lowest BCUT2D eigenvalue weighted by atomic mass is 9.90. The number of carbonyl (C=O) groups is 2. The van der Waals surface area contributed by atoms with E-state index in [-0.39, 0.29) is 31.4 Å². The molecular formula is C11H18O4. The van der Waals surface area contributed by atoms with Gasteiger partial charge in [0.25, 0.3) is 0 Å². The van der Waals surface area contributed by atoms with Gasteiger partial charge < -0.3 is 9.47 Å². The maximum absolute atomic E-state index is 11.0. The average molecular weight is 214 g/mol. The Kier molecular flexibility index (Phi) is 5.67. The minimum Gasteiger partial charge on any atom is -0.469 e. The summed E-state index contributed by atoms with van der Waals surface area (Å²) in [6.45, 7) is 7.31. The Morgan fingerprint density at radius 3 is 2.40 bits per heavy atom. The zero-order chi connectivity index (χ0) is 11.9. The van der Waals surface area contributed by atoms with Gasteiger partial charge in [0.1, 0.15) is 0 Å². The van der Waals surface area contributed by atoms with Gasteiger partial charge in [-0.25, -0.2) is 0 Å². The van der Waals surface area contributed by atoms with E-state index in [9.17, 15) is 9.59 Å². The van der Waals surface area contributed by atoms with Crippen LogP contribution in [-0.4, -0.2) is 25.7 Å². The van der Waals surface area contributed by atoms with Crippen LogP contribution in [-0.2, 0) is 19.1 Å². The van der Waals surface area contributed by atoms with E-state index in [2.05, 4.69) is 11.3 Å². The van der Waals surface area contributed by atoms with E-state index >= 15 is 0 Å². The van der Waals surface area contributed by atoms with Gasteiger partial charge in [-0.1, -0.05) is 19.9 Å². The molecule has 0 spiro atoms. The summed E-state index contributed by atoms with van der Waals surface area (Å²) in [5, 5.41) is 0. The van der Waals surface area contributed by atoms with Gasteiger partial charge >= 0.3 is 11.9 Å². The summed E-state index contributed by atoms with van der Waals surface area (Å²) in [7, 11) is 1.34. The molecule has 15 heavy (non-hydrogen) atoms. The molecule has 0 bridgehead atoms. The molecule has 0 heterocycles. The predicted octanol–water partition coefficient (Wildman–Crippen LogP) is 1.70. The monoisotopic (exact) mass is 214 g/mol. The maximum Gasteiger partial charge on any atom is 0.309 e. The predicted molar refractivity (Wildman–Crippen MR) is 56.2 cm³/mol. The standard InChI is InChI=1S/C11H18O4/c1-5-6-9(12)15-8-11(2,3)7-10(13)14-4/h5H,1,6-8H2,2-4H3. The third-order valence-corrected chi connectivity index (χ3v) is 1.79. The molecule has 0 atom stereocenters. The molecule has 0 rings (SSSR count). The van der Waals surface area contributed by atoms with Crippen molar-refractivity contribution >= 4 is 11.9 Å². The minimum atomic E-state index is -0.399. The zero-order valence-electron chi connectivity index (χ0n) is 9.54. The highest BCUT2D eigenvalue weighted by molar-refractivity contribution is 5.71. The van der Waals surface area contributed by atoms with Crippen molar-refractivity contribution in [3.63, 3.8) is 0 Å². The first-order chi connectivity index (χ1) is 6.91. The van der Waals surface area contributed by atoms with Crippen molar-refractivity contribution in [3.05, 3.63) is 12.7 Å². The molecule has 0 aliphatic carbocycles. The number of ether oxygens (including phenoxy) is 2. The van der Waals surface area contributed by atoms with Gasteiger partial charge in [0.05, 0.1) is 26.6 Å². The third kappa shape index (κ3) is 6.71. The normalized spacial score (nSPS) is 10.6. The van der Waals surface area contributed by atoms with Crippen molar-refractivity contribution in [1.82, 2.24) is 0 Å². The Hall–Kier alpha value is -1.32. The number of hydrogen-bond donors (Lipinski definition) is 0. The lowest BCUT2D eigenvalue weighted by Gasteiger charge is -2.22. The molecule has 0 aliphatic rings. The van der Waals surface area contributed by atoms with Crippen LogP contribution in [0, 0.1) is 5.41 Å². The topological polar surface area (TPSA) is 52.6 Å². The highest BCUT2D eigenvalue weighted by Gasteiger charge is 2.24. The quantitative estimate of drug-likeness (QED) is 0.498. The fourth-order valence-corrected chi connectivity index (χ4v) is 0.967. The van der Waals surface area contributed by atoms with Crippen LogP contribution < -0.4 is 0 Å². The van der Waals surface area contributed by atoms with Crippen molar-refractivity contribution in [3.8, 4) is 0 Å². The largest absolute Gasteiger partial charge is 0.469 e. The van der Waals surface area contributed by atoms with Crippen LogP contribution in [0.3, 0.4) is 0 Å². The van der Waals surface area contributed by atoms with Crippen LogP contribution in [0.15, 0.2) is 12.7 Å². The minimum absolute atomic E-state index is 0.189. The van der Waals surface area contributed by atoms with E-state index in [1.54, 1.807) is 0 Å². The van der Waals surface area contributed by atoms with Crippen molar-refractivity contribution in [2.45, 2.75) is 26.7 Å². The van der Waals surface area contributed by atoms with Crippen molar-refractivity contribution in [1.29, 1.82) is 0 Å². The molecule has 0 aliphatic heterocycles. The van der Waals surface area contributed by atoms with Crippen LogP contribution in [0.1, 0.15) is 26.7 Å². The van der Waals surface area contributed by atoms with Crippen LogP contribution in [0.2, 0.25) is 0 Å². The third-order valence-electron chi connectivity index (χ3n) is 1.79. The van der Waals surface area contributed by atoms with Crippen molar-refractivity contribution < 1.29 is 19.1 Å². The second kappa shape index (κ2) is 6.22. The van der Waals surface area contributed by atoms with E-state index in [0.717, 1.165) is 0 Å². The van der Waals surface area contributed by atoms with Gasteiger partial charge in [-0.3, -0.25) is 9.59 Å². The molecule has 0 saturated heterocycles. The van der Waals surface area contributed by atoms with E-state index in [0.29, 0.717) is 0 Å². The molecule has 0 N–H and O–H groups in total. The smallest absolute Gasteiger partial charge is 0.309 e. The Balaban J connectivity index is 3.97. The lowest BCUT2D eigenvalue weighted by Crippen LogP contribution is -2.25. The molecule has 0 aromatic carbocycles. The first-order valence-corrected chi connectivity index (χ1v) is 4.74. The zero-order valence-corrected chi connectivity index (χ0v) is 9.54. The van der Waals surface area contributed by atoms with Gasteiger partial charge in [-0.15, -0.1) is 6.58 Å². The second-order valence-corrected chi connectivity index (χ2v) is 4.07. The molecule has 4 nitrogen and oxygen atoms in total. The number of esters is 2. The van der Waals surface area contributed by atoms with Gasteiger partial charge in [0.15, 0.2) is 0 Å². The molecule has 0 aromatic heterocycles. The summed E-state index contributed by atoms with van der Waals surface area (Å²) in [4.78, 5) is 22.1. The van der Waals surface area contributed by atoms with Gasteiger partial charge in [-0.2, -0.15) is 0 Å². The Labute approximate surface area is 90.2 Å².